The number of nitrogens with zero attached hydrogens (tertiary/aromatic N) is 1. The predicted octanol–water partition coefficient (Wildman–Crippen LogP) is 6.84. The molecule has 1 aliphatic rings. The average molecular weight is 526 g/mol. The zero-order valence-corrected chi connectivity index (χ0v) is 20.1. The standard InChI is InChI=1S/C26H21BrFNO3S/c27-22-15-19(11-12-23(22)32-17-20-8-4-10-21(28)14-20)16-24-25(30)29(26(31)33-24)13-5-9-18-6-2-1-3-7-18/h1-4,6-8,10-12,14-16H,5,9,13,17H2/b24-16+. The van der Waals surface area contributed by atoms with E-state index in [-0.39, 0.29) is 23.6 Å². The summed E-state index contributed by atoms with van der Waals surface area (Å²) in [7, 11) is 0. The molecule has 0 spiro atoms. The van der Waals surface area contributed by atoms with Gasteiger partial charge in [-0.1, -0.05) is 48.5 Å². The lowest BCUT2D eigenvalue weighted by atomic mass is 10.1. The quantitative estimate of drug-likeness (QED) is 0.302. The monoisotopic (exact) mass is 525 g/mol. The first kappa shape index (κ1) is 23.3. The van der Waals surface area contributed by atoms with Gasteiger partial charge in [-0.25, -0.2) is 4.39 Å². The van der Waals surface area contributed by atoms with Crippen molar-refractivity contribution in [2.45, 2.75) is 19.4 Å². The molecule has 1 heterocycles. The minimum Gasteiger partial charge on any atom is -0.488 e. The van der Waals surface area contributed by atoms with Gasteiger partial charge in [0.15, 0.2) is 0 Å². The molecule has 0 atom stereocenters. The number of rotatable bonds is 8. The highest BCUT2D eigenvalue weighted by molar-refractivity contribution is 9.10. The van der Waals surface area contributed by atoms with Crippen LogP contribution in [0.15, 0.2) is 82.2 Å². The molecule has 0 radical (unpaired) electrons. The van der Waals surface area contributed by atoms with Crippen LogP contribution < -0.4 is 4.74 Å². The molecule has 0 unspecified atom stereocenters. The molecule has 33 heavy (non-hydrogen) atoms. The second-order valence-electron chi connectivity index (χ2n) is 7.53. The normalized spacial score (nSPS) is 14.8. The van der Waals surface area contributed by atoms with Gasteiger partial charge < -0.3 is 4.74 Å². The molecule has 2 amide bonds. The summed E-state index contributed by atoms with van der Waals surface area (Å²) in [6.45, 7) is 0.630. The molecule has 3 aromatic rings. The minimum atomic E-state index is -0.306. The maximum atomic E-state index is 13.3. The van der Waals surface area contributed by atoms with Crippen LogP contribution in [0.5, 0.6) is 5.75 Å². The van der Waals surface area contributed by atoms with Crippen molar-refractivity contribution >= 4 is 44.9 Å². The van der Waals surface area contributed by atoms with Crippen LogP contribution in [0.3, 0.4) is 0 Å². The first-order valence-corrected chi connectivity index (χ1v) is 12.1. The van der Waals surface area contributed by atoms with Gasteiger partial charge in [-0.15, -0.1) is 0 Å². The van der Waals surface area contributed by atoms with Crippen molar-refractivity contribution in [3.8, 4) is 5.75 Å². The van der Waals surface area contributed by atoms with Crippen LogP contribution in [0.1, 0.15) is 23.1 Å². The zero-order chi connectivity index (χ0) is 23.2. The molecule has 1 fully saturated rings. The number of hydrogen-bond acceptors (Lipinski definition) is 4. The fourth-order valence-corrected chi connectivity index (χ4v) is 4.82. The molecule has 0 saturated carbocycles. The van der Waals surface area contributed by atoms with Crippen LogP contribution in [0, 0.1) is 5.82 Å². The first-order valence-electron chi connectivity index (χ1n) is 10.5. The number of carbonyl (C=O) groups is 2. The van der Waals surface area contributed by atoms with E-state index in [0.29, 0.717) is 21.7 Å². The Labute approximate surface area is 204 Å². The molecule has 168 valence electrons. The van der Waals surface area contributed by atoms with Gasteiger partial charge in [-0.05, 0) is 87.6 Å². The zero-order valence-electron chi connectivity index (χ0n) is 17.7. The lowest BCUT2D eigenvalue weighted by Crippen LogP contribution is -2.29. The highest BCUT2D eigenvalue weighted by Crippen LogP contribution is 2.34. The van der Waals surface area contributed by atoms with Crippen LogP contribution >= 0.6 is 27.7 Å². The maximum absolute atomic E-state index is 13.3. The van der Waals surface area contributed by atoms with Crippen LogP contribution in [-0.2, 0) is 17.8 Å². The highest BCUT2D eigenvalue weighted by Gasteiger charge is 2.34. The summed E-state index contributed by atoms with van der Waals surface area (Å²) >= 11 is 4.44. The SMILES string of the molecule is O=C1S/C(=C/c2ccc(OCc3cccc(F)c3)c(Br)c2)C(=O)N1CCCc1ccccc1. The predicted molar refractivity (Wildman–Crippen MR) is 132 cm³/mol. The van der Waals surface area contributed by atoms with Crippen LogP contribution in [-0.4, -0.2) is 22.6 Å². The van der Waals surface area contributed by atoms with Gasteiger partial charge >= 0.3 is 0 Å². The van der Waals surface area contributed by atoms with Gasteiger partial charge in [0.05, 0.1) is 9.38 Å². The molecule has 0 aromatic heterocycles. The summed E-state index contributed by atoms with van der Waals surface area (Å²) in [6, 6.07) is 21.7. The topological polar surface area (TPSA) is 46.6 Å². The molecule has 0 aliphatic carbocycles. The Bertz CT molecular complexity index is 1200. The van der Waals surface area contributed by atoms with Crippen molar-refractivity contribution in [2.75, 3.05) is 6.54 Å². The van der Waals surface area contributed by atoms with E-state index in [2.05, 4.69) is 15.9 Å². The van der Waals surface area contributed by atoms with Gasteiger partial charge in [-0.2, -0.15) is 0 Å². The van der Waals surface area contributed by atoms with E-state index < -0.39 is 0 Å². The molecule has 3 aromatic carbocycles. The number of halogens is 2. The van der Waals surface area contributed by atoms with Crippen molar-refractivity contribution in [2.24, 2.45) is 0 Å². The third-order valence-corrected chi connectivity index (χ3v) is 6.63. The summed E-state index contributed by atoms with van der Waals surface area (Å²) < 4.78 is 19.8. The number of imide groups is 1. The van der Waals surface area contributed by atoms with Crippen molar-refractivity contribution < 1.29 is 18.7 Å². The molecule has 1 saturated heterocycles. The van der Waals surface area contributed by atoms with E-state index in [1.807, 2.05) is 42.5 Å². The summed E-state index contributed by atoms with van der Waals surface area (Å²) in [4.78, 5) is 26.8. The summed E-state index contributed by atoms with van der Waals surface area (Å²) in [6.07, 6.45) is 3.24. The molecule has 7 heteroatoms. The van der Waals surface area contributed by atoms with Crippen molar-refractivity contribution in [3.63, 3.8) is 0 Å². The number of amides is 2. The Morgan fingerprint density at radius 3 is 2.52 bits per heavy atom. The van der Waals surface area contributed by atoms with Crippen LogP contribution in [0.4, 0.5) is 9.18 Å². The maximum Gasteiger partial charge on any atom is 0.293 e. The lowest BCUT2D eigenvalue weighted by molar-refractivity contribution is -0.122. The van der Waals surface area contributed by atoms with E-state index in [1.165, 1.54) is 22.6 Å². The number of hydrogen-bond donors (Lipinski definition) is 0. The Hall–Kier alpha value is -2.90. The third-order valence-electron chi connectivity index (χ3n) is 5.10. The largest absolute Gasteiger partial charge is 0.488 e. The van der Waals surface area contributed by atoms with Gasteiger partial charge in [0.1, 0.15) is 18.2 Å². The van der Waals surface area contributed by atoms with Crippen molar-refractivity contribution in [1.82, 2.24) is 4.90 Å². The number of aryl methyl sites for hydroxylation is 1. The molecule has 0 N–H and O–H groups in total. The van der Waals surface area contributed by atoms with Gasteiger partial charge in [0, 0.05) is 6.54 Å². The van der Waals surface area contributed by atoms with E-state index in [9.17, 15) is 14.0 Å². The number of benzene rings is 3. The van der Waals surface area contributed by atoms with Gasteiger partial charge in [0.2, 0.25) is 0 Å². The fourth-order valence-electron chi connectivity index (χ4n) is 3.44. The van der Waals surface area contributed by atoms with Gasteiger partial charge in [-0.3, -0.25) is 14.5 Å². The molecular weight excluding hydrogens is 505 g/mol. The van der Waals surface area contributed by atoms with Gasteiger partial charge in [0.25, 0.3) is 11.1 Å². The number of thioether (sulfide) groups is 1. The Balaban J connectivity index is 1.37. The van der Waals surface area contributed by atoms with Crippen LogP contribution in [0.25, 0.3) is 6.08 Å². The second-order valence-corrected chi connectivity index (χ2v) is 9.38. The van der Waals surface area contributed by atoms with E-state index >= 15 is 0 Å². The molecule has 4 nitrogen and oxygen atoms in total. The van der Waals surface area contributed by atoms with Crippen LogP contribution in [0.2, 0.25) is 0 Å². The van der Waals surface area contributed by atoms with Crippen molar-refractivity contribution in [3.05, 3.63) is 105 Å². The molecule has 1 aliphatic heterocycles. The lowest BCUT2D eigenvalue weighted by Gasteiger charge is -2.12. The van der Waals surface area contributed by atoms with E-state index in [1.54, 1.807) is 24.3 Å². The average Bonchev–Trinajstić information content (AvgIpc) is 3.06. The molecule has 4 rings (SSSR count). The molecular formula is C26H21BrFNO3S. The summed E-state index contributed by atoms with van der Waals surface area (Å²) in [5.74, 6) is 0.0329. The summed E-state index contributed by atoms with van der Waals surface area (Å²) in [5.41, 5.74) is 2.69. The Morgan fingerprint density at radius 1 is 0.970 bits per heavy atom. The second kappa shape index (κ2) is 10.8. The van der Waals surface area contributed by atoms with E-state index in [0.717, 1.165) is 35.7 Å². The highest BCUT2D eigenvalue weighted by atomic mass is 79.9. The minimum absolute atomic E-state index is 0.234. The number of ether oxygens (including phenoxy) is 1. The third kappa shape index (κ3) is 6.12. The van der Waals surface area contributed by atoms with E-state index in [4.69, 9.17) is 4.74 Å². The Morgan fingerprint density at radius 2 is 1.76 bits per heavy atom. The fraction of sp³-hybridized carbons (Fsp3) is 0.154. The molecule has 0 bridgehead atoms. The van der Waals surface area contributed by atoms with Crippen molar-refractivity contribution in [1.29, 1.82) is 0 Å². The number of carbonyl (C=O) groups excluding carboxylic acids is 2. The smallest absolute Gasteiger partial charge is 0.293 e. The Kier molecular flexibility index (Phi) is 7.62. The summed E-state index contributed by atoms with van der Waals surface area (Å²) in [5, 5.41) is -0.242. The first-order chi connectivity index (χ1) is 16.0.